The van der Waals surface area contributed by atoms with Gasteiger partial charge in [0.1, 0.15) is 6.61 Å². The highest BCUT2D eigenvalue weighted by Gasteiger charge is 2.20. The van der Waals surface area contributed by atoms with Crippen molar-refractivity contribution in [2.75, 3.05) is 59.1 Å². The number of unbranched alkanes of at least 4 members (excludes halogenated alkanes) is 1. The van der Waals surface area contributed by atoms with Crippen molar-refractivity contribution < 1.29 is 14.2 Å². The molecule has 0 aliphatic carbocycles. The molecule has 2 aliphatic rings. The molecule has 27 heavy (non-hydrogen) atoms. The molecule has 2 heterocycles. The lowest BCUT2D eigenvalue weighted by molar-refractivity contribution is 0.0372. The van der Waals surface area contributed by atoms with E-state index >= 15 is 0 Å². The molecule has 7 heteroatoms. The molecule has 0 radical (unpaired) electrons. The van der Waals surface area contributed by atoms with Gasteiger partial charge in [-0.05, 0) is 38.4 Å². The van der Waals surface area contributed by atoms with Gasteiger partial charge in [0, 0.05) is 26.2 Å². The largest absolute Gasteiger partial charge is 0.486 e. The number of nitrogens with zero attached hydrogens (tertiary/aromatic N) is 2. The summed E-state index contributed by atoms with van der Waals surface area (Å²) in [5.74, 6) is 2.44. The number of hydrogen-bond donors (Lipinski definition) is 2. The Morgan fingerprint density at radius 2 is 1.96 bits per heavy atom. The fraction of sp³-hybridized carbons (Fsp3) is 0.650. The van der Waals surface area contributed by atoms with Gasteiger partial charge in [0.15, 0.2) is 23.6 Å². The zero-order valence-corrected chi connectivity index (χ0v) is 16.3. The Hall–Kier alpha value is -1.99. The number of fused-ring (bicyclic) bond motifs is 1. The highest BCUT2D eigenvalue weighted by molar-refractivity contribution is 5.79. The van der Waals surface area contributed by atoms with Crippen LogP contribution in [0, 0.1) is 0 Å². The number of para-hydroxylation sites is 2. The standard InChI is InChI=1S/C20H32N4O3/c1-2-21-20(22-9-5-6-10-24-11-13-25-14-12-24)23-15-17-16-26-18-7-3-4-8-19(18)27-17/h3-4,7-8,17H,2,5-6,9-16H2,1H3,(H2,21,22,23). The average molecular weight is 377 g/mol. The topological polar surface area (TPSA) is 67.4 Å². The number of ether oxygens (including phenoxy) is 3. The summed E-state index contributed by atoms with van der Waals surface area (Å²) in [7, 11) is 0. The van der Waals surface area contributed by atoms with E-state index in [-0.39, 0.29) is 6.10 Å². The number of rotatable bonds is 8. The first-order valence-corrected chi connectivity index (χ1v) is 10.1. The minimum absolute atomic E-state index is 0.0586. The minimum Gasteiger partial charge on any atom is -0.486 e. The van der Waals surface area contributed by atoms with Gasteiger partial charge < -0.3 is 24.8 Å². The third-order valence-corrected chi connectivity index (χ3v) is 4.66. The van der Waals surface area contributed by atoms with E-state index in [2.05, 4.69) is 27.4 Å². The van der Waals surface area contributed by atoms with Gasteiger partial charge in [0.25, 0.3) is 0 Å². The van der Waals surface area contributed by atoms with Crippen LogP contribution in [-0.4, -0.2) is 76.1 Å². The summed E-state index contributed by atoms with van der Waals surface area (Å²) in [5, 5.41) is 6.71. The Balaban J connectivity index is 1.36. The van der Waals surface area contributed by atoms with E-state index in [4.69, 9.17) is 14.2 Å². The normalized spacial score (nSPS) is 20.3. The Morgan fingerprint density at radius 3 is 2.78 bits per heavy atom. The van der Waals surface area contributed by atoms with Crippen LogP contribution in [0.5, 0.6) is 11.5 Å². The Bertz CT molecular complexity index is 590. The van der Waals surface area contributed by atoms with E-state index in [0.717, 1.165) is 69.8 Å². The highest BCUT2D eigenvalue weighted by atomic mass is 16.6. The molecule has 2 N–H and O–H groups in total. The predicted octanol–water partition coefficient (Wildman–Crippen LogP) is 1.49. The molecule has 1 saturated heterocycles. The first-order chi connectivity index (χ1) is 13.3. The molecule has 2 aliphatic heterocycles. The van der Waals surface area contributed by atoms with E-state index in [1.54, 1.807) is 0 Å². The zero-order valence-electron chi connectivity index (χ0n) is 16.3. The summed E-state index contributed by atoms with van der Waals surface area (Å²) in [6, 6.07) is 7.77. The van der Waals surface area contributed by atoms with E-state index in [1.165, 1.54) is 6.42 Å². The lowest BCUT2D eigenvalue weighted by Gasteiger charge is -2.26. The second-order valence-electron chi connectivity index (χ2n) is 6.81. The number of nitrogens with one attached hydrogen (secondary N) is 2. The van der Waals surface area contributed by atoms with Gasteiger partial charge in [-0.15, -0.1) is 0 Å². The third-order valence-electron chi connectivity index (χ3n) is 4.66. The van der Waals surface area contributed by atoms with Crippen molar-refractivity contribution in [3.05, 3.63) is 24.3 Å². The first-order valence-electron chi connectivity index (χ1n) is 10.1. The molecule has 1 atom stereocenters. The van der Waals surface area contributed by atoms with Crippen LogP contribution in [-0.2, 0) is 4.74 Å². The SMILES string of the molecule is CCNC(=NCC1COc2ccccc2O1)NCCCCN1CCOCC1. The number of benzene rings is 1. The van der Waals surface area contributed by atoms with Crippen LogP contribution in [0.25, 0.3) is 0 Å². The van der Waals surface area contributed by atoms with Crippen molar-refractivity contribution in [1.82, 2.24) is 15.5 Å². The number of guanidine groups is 1. The molecule has 3 rings (SSSR count). The summed E-state index contributed by atoms with van der Waals surface area (Å²) >= 11 is 0. The number of hydrogen-bond acceptors (Lipinski definition) is 5. The molecule has 1 fully saturated rings. The van der Waals surface area contributed by atoms with Crippen LogP contribution in [0.1, 0.15) is 19.8 Å². The summed E-state index contributed by atoms with van der Waals surface area (Å²) in [4.78, 5) is 7.13. The summed E-state index contributed by atoms with van der Waals surface area (Å²) in [5.41, 5.74) is 0. The van der Waals surface area contributed by atoms with Crippen molar-refractivity contribution in [3.63, 3.8) is 0 Å². The lowest BCUT2D eigenvalue weighted by atomic mass is 10.2. The van der Waals surface area contributed by atoms with Gasteiger partial charge in [-0.1, -0.05) is 12.1 Å². The van der Waals surface area contributed by atoms with Crippen molar-refractivity contribution in [2.45, 2.75) is 25.9 Å². The van der Waals surface area contributed by atoms with E-state index in [0.29, 0.717) is 13.2 Å². The monoisotopic (exact) mass is 376 g/mol. The van der Waals surface area contributed by atoms with Gasteiger partial charge in [0.2, 0.25) is 0 Å². The molecule has 1 aromatic rings. The smallest absolute Gasteiger partial charge is 0.191 e. The molecular weight excluding hydrogens is 344 g/mol. The van der Waals surface area contributed by atoms with Gasteiger partial charge in [-0.2, -0.15) is 0 Å². The quantitative estimate of drug-likeness (QED) is 0.407. The summed E-state index contributed by atoms with van der Waals surface area (Å²) in [6.07, 6.45) is 2.25. The van der Waals surface area contributed by atoms with E-state index in [9.17, 15) is 0 Å². The summed E-state index contributed by atoms with van der Waals surface area (Å²) in [6.45, 7) is 9.92. The Morgan fingerprint density at radius 1 is 1.15 bits per heavy atom. The van der Waals surface area contributed by atoms with E-state index in [1.807, 2.05) is 24.3 Å². The Kier molecular flexibility index (Phi) is 8.04. The van der Waals surface area contributed by atoms with Crippen molar-refractivity contribution in [2.24, 2.45) is 4.99 Å². The average Bonchev–Trinajstić information content (AvgIpc) is 2.72. The molecule has 0 amide bonds. The molecule has 0 spiro atoms. The molecular formula is C20H32N4O3. The van der Waals surface area contributed by atoms with Crippen LogP contribution in [0.15, 0.2) is 29.3 Å². The fourth-order valence-corrected chi connectivity index (χ4v) is 3.18. The van der Waals surface area contributed by atoms with Crippen molar-refractivity contribution >= 4 is 5.96 Å². The maximum atomic E-state index is 5.97. The number of morpholine rings is 1. The second kappa shape index (κ2) is 11.0. The molecule has 0 bridgehead atoms. The Labute approximate surface area is 162 Å². The third kappa shape index (κ3) is 6.59. The molecule has 0 saturated carbocycles. The van der Waals surface area contributed by atoms with Crippen LogP contribution in [0.3, 0.4) is 0 Å². The maximum Gasteiger partial charge on any atom is 0.191 e. The van der Waals surface area contributed by atoms with Crippen LogP contribution in [0.2, 0.25) is 0 Å². The molecule has 150 valence electrons. The molecule has 0 aromatic heterocycles. The van der Waals surface area contributed by atoms with Crippen LogP contribution < -0.4 is 20.1 Å². The molecule has 1 aromatic carbocycles. The second-order valence-corrected chi connectivity index (χ2v) is 6.81. The van der Waals surface area contributed by atoms with E-state index < -0.39 is 0 Å². The number of aliphatic imine (C=N–C) groups is 1. The summed E-state index contributed by atoms with van der Waals surface area (Å²) < 4.78 is 17.1. The minimum atomic E-state index is -0.0586. The molecule has 7 nitrogen and oxygen atoms in total. The molecule has 1 unspecified atom stereocenters. The van der Waals surface area contributed by atoms with Crippen molar-refractivity contribution in [1.29, 1.82) is 0 Å². The lowest BCUT2D eigenvalue weighted by Crippen LogP contribution is -2.40. The van der Waals surface area contributed by atoms with Gasteiger partial charge in [0.05, 0.1) is 19.8 Å². The predicted molar refractivity (Wildman–Crippen MR) is 107 cm³/mol. The van der Waals surface area contributed by atoms with Crippen molar-refractivity contribution in [3.8, 4) is 11.5 Å². The maximum absolute atomic E-state index is 5.97. The van der Waals surface area contributed by atoms with Gasteiger partial charge >= 0.3 is 0 Å². The van der Waals surface area contributed by atoms with Crippen LogP contribution >= 0.6 is 0 Å². The highest BCUT2D eigenvalue weighted by Crippen LogP contribution is 2.30. The van der Waals surface area contributed by atoms with Gasteiger partial charge in [-0.25, -0.2) is 4.99 Å². The van der Waals surface area contributed by atoms with Gasteiger partial charge in [-0.3, -0.25) is 4.90 Å². The fourth-order valence-electron chi connectivity index (χ4n) is 3.18. The zero-order chi connectivity index (χ0) is 18.7. The first kappa shape index (κ1) is 19.8. The van der Waals surface area contributed by atoms with Crippen LogP contribution in [0.4, 0.5) is 0 Å².